The minimum atomic E-state index is -0.220. The van der Waals surface area contributed by atoms with Gasteiger partial charge in [-0.05, 0) is 61.7 Å². The van der Waals surface area contributed by atoms with E-state index in [2.05, 4.69) is 48.9 Å². The van der Waals surface area contributed by atoms with Crippen LogP contribution in [0, 0.1) is 20.8 Å². The highest BCUT2D eigenvalue weighted by Gasteiger charge is 2.18. The number of rotatable bonds is 9. The molecule has 1 heterocycles. The van der Waals surface area contributed by atoms with E-state index in [0.717, 1.165) is 23.4 Å². The predicted octanol–water partition coefficient (Wildman–Crippen LogP) is 5.01. The first-order chi connectivity index (χ1) is 17.4. The van der Waals surface area contributed by atoms with Crippen LogP contribution in [-0.2, 0) is 13.0 Å². The van der Waals surface area contributed by atoms with Gasteiger partial charge in [-0.2, -0.15) is 0 Å². The fourth-order valence-corrected chi connectivity index (χ4v) is 4.71. The monoisotopic (exact) mass is 487 g/mol. The molecule has 0 unspecified atom stereocenters. The molecule has 0 radical (unpaired) electrons. The second-order valence-electron chi connectivity index (χ2n) is 8.90. The van der Waals surface area contributed by atoms with Gasteiger partial charge in [0.2, 0.25) is 5.75 Å². The van der Waals surface area contributed by atoms with Crippen LogP contribution in [0.25, 0.3) is 11.0 Å². The topological polar surface area (TPSA) is 74.6 Å². The standard InChI is InChI=1S/C29H33N3O4/c1-18-13-19(2)22(20(3)14-18)17-32-24-10-8-7-9-23(24)31-27(32)11-12-30-29(33)21-15-25(34-4)28(36-6)26(16-21)35-5/h7-10,13-16H,11-12,17H2,1-6H3,(H,30,33). The Labute approximate surface area is 212 Å². The number of nitrogens with one attached hydrogen (secondary N) is 1. The van der Waals surface area contributed by atoms with Crippen LogP contribution in [0.2, 0.25) is 0 Å². The van der Waals surface area contributed by atoms with Crippen molar-refractivity contribution in [2.75, 3.05) is 27.9 Å². The Bertz CT molecular complexity index is 1360. The zero-order valence-corrected chi connectivity index (χ0v) is 21.8. The molecule has 3 aromatic carbocycles. The molecule has 4 aromatic rings. The molecular formula is C29H33N3O4. The molecule has 0 atom stereocenters. The van der Waals surface area contributed by atoms with Crippen LogP contribution in [0.4, 0.5) is 0 Å². The van der Waals surface area contributed by atoms with Gasteiger partial charge < -0.3 is 24.1 Å². The van der Waals surface area contributed by atoms with Crippen molar-refractivity contribution in [2.45, 2.75) is 33.7 Å². The fourth-order valence-electron chi connectivity index (χ4n) is 4.71. The Hall–Kier alpha value is -4.00. The van der Waals surface area contributed by atoms with Gasteiger partial charge in [0.1, 0.15) is 5.82 Å². The van der Waals surface area contributed by atoms with Crippen LogP contribution < -0.4 is 19.5 Å². The number of hydrogen-bond acceptors (Lipinski definition) is 5. The summed E-state index contributed by atoms with van der Waals surface area (Å²) in [6.07, 6.45) is 0.592. The first kappa shape index (κ1) is 25.1. The largest absolute Gasteiger partial charge is 0.493 e. The Morgan fingerprint density at radius 3 is 2.17 bits per heavy atom. The van der Waals surface area contributed by atoms with E-state index in [0.29, 0.717) is 35.8 Å². The number of para-hydroxylation sites is 2. The van der Waals surface area contributed by atoms with E-state index >= 15 is 0 Å². The molecule has 7 nitrogen and oxygen atoms in total. The summed E-state index contributed by atoms with van der Waals surface area (Å²) in [7, 11) is 4.59. The lowest BCUT2D eigenvalue weighted by atomic mass is 9.99. The molecule has 4 rings (SSSR count). The first-order valence-electron chi connectivity index (χ1n) is 11.9. The van der Waals surface area contributed by atoms with Crippen molar-refractivity contribution in [1.82, 2.24) is 14.9 Å². The Morgan fingerprint density at radius 2 is 1.56 bits per heavy atom. The number of methoxy groups -OCH3 is 3. The lowest BCUT2D eigenvalue weighted by Crippen LogP contribution is -2.26. The maximum absolute atomic E-state index is 12.9. The molecule has 0 aliphatic rings. The summed E-state index contributed by atoms with van der Waals surface area (Å²) in [5, 5.41) is 3.01. The van der Waals surface area contributed by atoms with Crippen LogP contribution in [0.5, 0.6) is 17.2 Å². The van der Waals surface area contributed by atoms with Crippen molar-refractivity contribution >= 4 is 16.9 Å². The van der Waals surface area contributed by atoms with E-state index in [1.54, 1.807) is 12.1 Å². The third-order valence-electron chi connectivity index (χ3n) is 6.45. The summed E-state index contributed by atoms with van der Waals surface area (Å²) in [6, 6.07) is 15.9. The number of nitrogens with zero attached hydrogens (tertiary/aromatic N) is 2. The van der Waals surface area contributed by atoms with E-state index in [1.807, 2.05) is 18.2 Å². The molecule has 36 heavy (non-hydrogen) atoms. The van der Waals surface area contributed by atoms with Crippen LogP contribution >= 0.6 is 0 Å². The maximum Gasteiger partial charge on any atom is 0.251 e. The smallest absolute Gasteiger partial charge is 0.251 e. The number of benzene rings is 3. The van der Waals surface area contributed by atoms with Crippen molar-refractivity contribution in [1.29, 1.82) is 0 Å². The lowest BCUT2D eigenvalue weighted by molar-refractivity contribution is 0.0953. The Balaban J connectivity index is 1.56. The normalized spacial score (nSPS) is 10.9. The number of carbonyl (C=O) groups is 1. The number of hydrogen-bond donors (Lipinski definition) is 1. The molecule has 0 saturated heterocycles. The molecule has 0 saturated carbocycles. The van der Waals surface area contributed by atoms with Gasteiger partial charge in [-0.1, -0.05) is 29.8 Å². The molecule has 0 spiro atoms. The minimum absolute atomic E-state index is 0.220. The molecule has 1 N–H and O–H groups in total. The van der Waals surface area contributed by atoms with Crippen molar-refractivity contribution in [3.63, 3.8) is 0 Å². The zero-order chi connectivity index (χ0) is 25.8. The van der Waals surface area contributed by atoms with Gasteiger partial charge in [-0.15, -0.1) is 0 Å². The summed E-state index contributed by atoms with van der Waals surface area (Å²) in [5.41, 5.74) is 7.57. The zero-order valence-electron chi connectivity index (χ0n) is 21.8. The van der Waals surface area contributed by atoms with Crippen molar-refractivity contribution in [2.24, 2.45) is 0 Å². The molecule has 7 heteroatoms. The molecular weight excluding hydrogens is 454 g/mol. The highest BCUT2D eigenvalue weighted by Crippen LogP contribution is 2.38. The maximum atomic E-state index is 12.9. The SMILES string of the molecule is COc1cc(C(=O)NCCc2nc3ccccc3n2Cc2c(C)cc(C)cc2C)cc(OC)c1OC. The fraction of sp³-hybridized carbons (Fsp3) is 0.310. The summed E-state index contributed by atoms with van der Waals surface area (Å²) in [4.78, 5) is 17.8. The van der Waals surface area contributed by atoms with Gasteiger partial charge >= 0.3 is 0 Å². The highest BCUT2D eigenvalue weighted by molar-refractivity contribution is 5.95. The second-order valence-corrected chi connectivity index (χ2v) is 8.90. The predicted molar refractivity (Wildman–Crippen MR) is 142 cm³/mol. The molecule has 0 bridgehead atoms. The van der Waals surface area contributed by atoms with E-state index in [9.17, 15) is 4.79 Å². The Kier molecular flexibility index (Phi) is 7.48. The van der Waals surface area contributed by atoms with Crippen LogP contribution in [-0.4, -0.2) is 43.3 Å². The average Bonchev–Trinajstić information content (AvgIpc) is 3.22. The molecule has 0 aliphatic carbocycles. The number of amides is 1. The molecule has 0 aliphatic heterocycles. The van der Waals surface area contributed by atoms with E-state index < -0.39 is 0 Å². The number of fused-ring (bicyclic) bond motifs is 1. The number of aryl methyl sites for hydroxylation is 3. The van der Waals surface area contributed by atoms with Gasteiger partial charge in [0.15, 0.2) is 11.5 Å². The van der Waals surface area contributed by atoms with Crippen molar-refractivity contribution in [3.05, 3.63) is 82.2 Å². The van der Waals surface area contributed by atoms with Gasteiger partial charge in [0.05, 0.1) is 32.4 Å². The summed E-state index contributed by atoms with van der Waals surface area (Å²) >= 11 is 0. The molecule has 188 valence electrons. The van der Waals surface area contributed by atoms with E-state index in [-0.39, 0.29) is 5.91 Å². The minimum Gasteiger partial charge on any atom is -0.493 e. The highest BCUT2D eigenvalue weighted by atomic mass is 16.5. The van der Waals surface area contributed by atoms with Crippen molar-refractivity contribution in [3.8, 4) is 17.2 Å². The summed E-state index contributed by atoms with van der Waals surface area (Å²) in [6.45, 7) is 7.61. The first-order valence-corrected chi connectivity index (χ1v) is 11.9. The van der Waals surface area contributed by atoms with Gasteiger partial charge in [0, 0.05) is 25.1 Å². The third-order valence-corrected chi connectivity index (χ3v) is 6.45. The van der Waals surface area contributed by atoms with Gasteiger partial charge in [-0.25, -0.2) is 4.98 Å². The third kappa shape index (κ3) is 5.00. The Morgan fingerprint density at radius 1 is 0.917 bits per heavy atom. The number of carbonyl (C=O) groups excluding carboxylic acids is 1. The molecule has 0 fully saturated rings. The molecule has 1 aromatic heterocycles. The lowest BCUT2D eigenvalue weighted by Gasteiger charge is -2.16. The second kappa shape index (κ2) is 10.7. The van der Waals surface area contributed by atoms with E-state index in [4.69, 9.17) is 19.2 Å². The van der Waals surface area contributed by atoms with Gasteiger partial charge in [-0.3, -0.25) is 4.79 Å². The number of imidazole rings is 1. The molecule has 1 amide bonds. The average molecular weight is 488 g/mol. The van der Waals surface area contributed by atoms with Gasteiger partial charge in [0.25, 0.3) is 5.91 Å². The van der Waals surface area contributed by atoms with Crippen LogP contribution in [0.3, 0.4) is 0 Å². The number of aromatic nitrogens is 2. The van der Waals surface area contributed by atoms with Crippen LogP contribution in [0.15, 0.2) is 48.5 Å². The summed E-state index contributed by atoms with van der Waals surface area (Å²) in [5.74, 6) is 2.04. The van der Waals surface area contributed by atoms with Crippen molar-refractivity contribution < 1.29 is 19.0 Å². The summed E-state index contributed by atoms with van der Waals surface area (Å²) < 4.78 is 18.4. The van der Waals surface area contributed by atoms with E-state index in [1.165, 1.54) is 43.6 Å². The quantitative estimate of drug-likeness (QED) is 0.359. The van der Waals surface area contributed by atoms with Crippen LogP contribution in [0.1, 0.15) is 38.4 Å². The number of ether oxygens (including phenoxy) is 3.